The van der Waals surface area contributed by atoms with Crippen molar-refractivity contribution in [2.24, 2.45) is 5.73 Å². The highest BCUT2D eigenvalue weighted by Crippen LogP contribution is 2.43. The summed E-state index contributed by atoms with van der Waals surface area (Å²) >= 11 is 1.32. The Kier molecular flexibility index (Phi) is 5.56. The zero-order valence-corrected chi connectivity index (χ0v) is 16.7. The lowest BCUT2D eigenvalue weighted by Crippen LogP contribution is -2.72. The maximum Gasteiger partial charge on any atom is 0.353 e. The summed E-state index contributed by atoms with van der Waals surface area (Å²) in [5, 5.41) is 12.4. The Hall–Kier alpha value is -3.17. The first-order valence-corrected chi connectivity index (χ1v) is 10.3. The van der Waals surface area contributed by atoms with E-state index in [1.165, 1.54) is 16.7 Å². The Morgan fingerprint density at radius 1 is 1.20 bits per heavy atom. The minimum Gasteiger partial charge on any atom is -0.477 e. The summed E-state index contributed by atoms with van der Waals surface area (Å²) in [5.74, 6) is -2.05. The standard InChI is InChI=1S/C21H20N4O4S/c22-16(12-4-2-1-3-5-12)19(26)24-17-14-6-7-15(30-13-8-10-23-11-9-13)18(21(28)29)25(14)20(17)27/h1-5,8-11,14,16-17H,6-7,22H2,(H,24,26)(H,28,29)/t14-,16-,17+/m1/s1. The molecule has 4 rings (SSSR count). The summed E-state index contributed by atoms with van der Waals surface area (Å²) in [6, 6.07) is 10.4. The second-order valence-electron chi connectivity index (χ2n) is 7.05. The maximum atomic E-state index is 12.8. The number of benzene rings is 1. The largest absolute Gasteiger partial charge is 0.477 e. The number of carboxylic acids is 1. The van der Waals surface area contributed by atoms with Crippen molar-refractivity contribution < 1.29 is 19.5 Å². The molecule has 2 aromatic rings. The second-order valence-corrected chi connectivity index (χ2v) is 8.22. The van der Waals surface area contributed by atoms with E-state index in [0.717, 1.165) is 4.90 Å². The molecule has 1 aromatic heterocycles. The number of hydrogen-bond acceptors (Lipinski definition) is 6. The van der Waals surface area contributed by atoms with Gasteiger partial charge in [-0.3, -0.25) is 19.5 Å². The summed E-state index contributed by atoms with van der Waals surface area (Å²) in [6.45, 7) is 0. The van der Waals surface area contributed by atoms with E-state index in [4.69, 9.17) is 5.73 Å². The van der Waals surface area contributed by atoms with Crippen molar-refractivity contribution in [1.82, 2.24) is 15.2 Å². The highest BCUT2D eigenvalue weighted by Gasteiger charge is 2.53. The first-order valence-electron chi connectivity index (χ1n) is 9.45. The SMILES string of the molecule is N[C@@H](C(=O)N[C@@H]1C(=O)N2C(C(=O)O)=C(Sc3ccncc3)CC[C@H]12)c1ccccc1. The fourth-order valence-corrected chi connectivity index (χ4v) is 4.78. The zero-order chi connectivity index (χ0) is 21.3. The number of hydrogen-bond donors (Lipinski definition) is 3. The molecule has 154 valence electrons. The molecular formula is C21H20N4O4S. The lowest BCUT2D eigenvalue weighted by molar-refractivity contribution is -0.156. The van der Waals surface area contributed by atoms with Gasteiger partial charge in [-0.05, 0) is 30.5 Å². The molecule has 1 fully saturated rings. The van der Waals surface area contributed by atoms with Gasteiger partial charge in [0.25, 0.3) is 5.91 Å². The predicted octanol–water partition coefficient (Wildman–Crippen LogP) is 1.66. The molecule has 9 heteroatoms. The van der Waals surface area contributed by atoms with Crippen molar-refractivity contribution in [1.29, 1.82) is 0 Å². The highest BCUT2D eigenvalue weighted by molar-refractivity contribution is 8.03. The third-order valence-electron chi connectivity index (χ3n) is 5.22. The minimum absolute atomic E-state index is 0.0177. The lowest BCUT2D eigenvalue weighted by atomic mass is 9.86. The van der Waals surface area contributed by atoms with Crippen LogP contribution >= 0.6 is 11.8 Å². The lowest BCUT2D eigenvalue weighted by Gasteiger charge is -2.50. The molecule has 3 atom stereocenters. The molecule has 30 heavy (non-hydrogen) atoms. The van der Waals surface area contributed by atoms with E-state index in [1.807, 2.05) is 6.07 Å². The number of rotatable bonds is 6. The first-order chi connectivity index (χ1) is 14.5. The number of nitrogens with one attached hydrogen (secondary N) is 1. The van der Waals surface area contributed by atoms with Crippen LogP contribution in [0, 0.1) is 0 Å². The molecule has 0 bridgehead atoms. The quantitative estimate of drug-likeness (QED) is 0.602. The number of fused-ring (bicyclic) bond motifs is 1. The van der Waals surface area contributed by atoms with Crippen LogP contribution in [0.3, 0.4) is 0 Å². The van der Waals surface area contributed by atoms with E-state index in [0.29, 0.717) is 23.3 Å². The van der Waals surface area contributed by atoms with Crippen molar-refractivity contribution in [2.45, 2.75) is 35.9 Å². The molecule has 0 unspecified atom stereocenters. The van der Waals surface area contributed by atoms with E-state index in [1.54, 1.807) is 48.8 Å². The van der Waals surface area contributed by atoms with Crippen LogP contribution in [0.15, 0.2) is 70.4 Å². The third-order valence-corrected chi connectivity index (χ3v) is 6.38. The van der Waals surface area contributed by atoms with E-state index in [9.17, 15) is 19.5 Å². The Morgan fingerprint density at radius 2 is 1.90 bits per heavy atom. The molecule has 8 nitrogen and oxygen atoms in total. The molecule has 1 saturated heterocycles. The molecule has 4 N–H and O–H groups in total. The molecule has 0 saturated carbocycles. The normalized spacial score (nSPS) is 21.5. The number of β-lactam (4-membered cyclic amide) rings is 1. The second kappa shape index (κ2) is 8.29. The van der Waals surface area contributed by atoms with Crippen LogP contribution in [-0.2, 0) is 14.4 Å². The van der Waals surface area contributed by atoms with Crippen LogP contribution in [0.5, 0.6) is 0 Å². The average Bonchev–Trinajstić information content (AvgIpc) is 2.77. The Bertz CT molecular complexity index is 1010. The van der Waals surface area contributed by atoms with Crippen LogP contribution in [0.4, 0.5) is 0 Å². The molecule has 3 heterocycles. The molecule has 0 radical (unpaired) electrons. The molecular weight excluding hydrogens is 404 g/mol. The Labute approximate surface area is 177 Å². The van der Waals surface area contributed by atoms with Crippen molar-refractivity contribution in [3.63, 3.8) is 0 Å². The van der Waals surface area contributed by atoms with Gasteiger partial charge in [0.05, 0.1) is 6.04 Å². The van der Waals surface area contributed by atoms with Crippen molar-refractivity contribution in [3.05, 3.63) is 71.0 Å². The maximum absolute atomic E-state index is 12.8. The molecule has 2 amide bonds. The van der Waals surface area contributed by atoms with Crippen molar-refractivity contribution in [3.8, 4) is 0 Å². The van der Waals surface area contributed by atoms with Gasteiger partial charge in [-0.1, -0.05) is 42.1 Å². The predicted molar refractivity (Wildman–Crippen MR) is 110 cm³/mol. The molecule has 2 aliphatic heterocycles. The number of nitrogens with two attached hydrogens (primary N) is 1. The topological polar surface area (TPSA) is 126 Å². The van der Waals surface area contributed by atoms with Crippen LogP contribution in [0.25, 0.3) is 0 Å². The highest BCUT2D eigenvalue weighted by atomic mass is 32.2. The van der Waals surface area contributed by atoms with Gasteiger partial charge in [-0.2, -0.15) is 0 Å². The molecule has 2 aliphatic rings. The Balaban J connectivity index is 1.50. The number of carboxylic acid groups (broad SMARTS) is 1. The monoisotopic (exact) mass is 424 g/mol. The molecule has 0 spiro atoms. The van der Waals surface area contributed by atoms with Crippen molar-refractivity contribution >= 4 is 29.5 Å². The van der Waals surface area contributed by atoms with Gasteiger partial charge in [0, 0.05) is 22.2 Å². The molecule has 1 aromatic carbocycles. The number of allylic oxidation sites excluding steroid dienone is 1. The van der Waals surface area contributed by atoms with Gasteiger partial charge in [-0.25, -0.2) is 4.79 Å². The fourth-order valence-electron chi connectivity index (χ4n) is 3.73. The molecule has 0 aliphatic carbocycles. The summed E-state index contributed by atoms with van der Waals surface area (Å²) < 4.78 is 0. The fraction of sp³-hybridized carbons (Fsp3) is 0.238. The number of thioether (sulfide) groups is 1. The van der Waals surface area contributed by atoms with Crippen LogP contribution in [0.1, 0.15) is 24.4 Å². The number of carbonyl (C=O) groups excluding carboxylic acids is 2. The summed E-state index contributed by atoms with van der Waals surface area (Å²) in [7, 11) is 0. The summed E-state index contributed by atoms with van der Waals surface area (Å²) in [6.07, 6.45) is 4.32. The van der Waals surface area contributed by atoms with Gasteiger partial charge >= 0.3 is 5.97 Å². The third kappa shape index (κ3) is 3.69. The first kappa shape index (κ1) is 20.1. The minimum atomic E-state index is -1.16. The van der Waals surface area contributed by atoms with E-state index < -0.39 is 35.9 Å². The van der Waals surface area contributed by atoms with Crippen LogP contribution in [0.2, 0.25) is 0 Å². The number of aromatic nitrogens is 1. The average molecular weight is 424 g/mol. The smallest absolute Gasteiger partial charge is 0.353 e. The van der Waals surface area contributed by atoms with E-state index in [-0.39, 0.29) is 5.70 Å². The van der Waals surface area contributed by atoms with E-state index >= 15 is 0 Å². The van der Waals surface area contributed by atoms with Gasteiger partial charge in [0.2, 0.25) is 5.91 Å². The summed E-state index contributed by atoms with van der Waals surface area (Å²) in [5.41, 5.74) is 6.64. The van der Waals surface area contributed by atoms with Gasteiger partial charge in [-0.15, -0.1) is 0 Å². The number of amides is 2. The van der Waals surface area contributed by atoms with Gasteiger partial charge < -0.3 is 16.2 Å². The number of pyridine rings is 1. The number of carbonyl (C=O) groups is 3. The van der Waals surface area contributed by atoms with Crippen molar-refractivity contribution in [2.75, 3.05) is 0 Å². The van der Waals surface area contributed by atoms with Crippen LogP contribution < -0.4 is 11.1 Å². The Morgan fingerprint density at radius 3 is 2.57 bits per heavy atom. The number of nitrogens with zero attached hydrogens (tertiary/aromatic N) is 2. The number of aliphatic carboxylic acids is 1. The van der Waals surface area contributed by atoms with E-state index in [2.05, 4.69) is 10.3 Å². The van der Waals surface area contributed by atoms with Crippen LogP contribution in [-0.4, -0.2) is 44.9 Å². The van der Waals surface area contributed by atoms with Gasteiger partial charge in [0.1, 0.15) is 17.8 Å². The summed E-state index contributed by atoms with van der Waals surface area (Å²) in [4.78, 5) is 43.9. The zero-order valence-electron chi connectivity index (χ0n) is 15.9. The van der Waals surface area contributed by atoms with Gasteiger partial charge in [0.15, 0.2) is 0 Å².